The van der Waals surface area contributed by atoms with Crippen LogP contribution in [0.4, 0.5) is 18.0 Å². The molecule has 1 aromatic rings. The number of alkyl halides is 6. The molecule has 6 N–H and O–H groups in total. The van der Waals surface area contributed by atoms with Crippen LogP contribution in [0, 0.1) is 0 Å². The molecule has 21 heteroatoms. The molecule has 0 aliphatic carbocycles. The van der Waals surface area contributed by atoms with Gasteiger partial charge in [-0.3, -0.25) is 24.6 Å². The van der Waals surface area contributed by atoms with Crippen LogP contribution in [0.25, 0.3) is 0 Å². The number of guanidine groups is 1. The number of aliphatic imine (C=N–C) groups is 1. The van der Waals surface area contributed by atoms with Crippen LogP contribution >= 0.6 is 34.8 Å². The van der Waals surface area contributed by atoms with Crippen molar-refractivity contribution < 1.29 is 52.0 Å². The molecule has 5 rings (SSSR count). The summed E-state index contributed by atoms with van der Waals surface area (Å²) >= 11 is 17.0. The number of carbonyl (C=O) groups is 4. The number of hydrogen-bond acceptors (Lipinski definition) is 12. The fraction of sp³-hybridized carbons (Fsp3) is 0.500. The number of halogens is 6. The molecule has 3 fully saturated rings. The van der Waals surface area contributed by atoms with E-state index in [1.54, 1.807) is 0 Å². The lowest BCUT2D eigenvalue weighted by molar-refractivity contribution is -0.231. The highest BCUT2D eigenvalue weighted by Gasteiger charge is 2.74. The molecule has 47 heavy (non-hydrogen) atoms. The third-order valence-electron chi connectivity index (χ3n) is 8.03. The van der Waals surface area contributed by atoms with Crippen molar-refractivity contribution in [3.63, 3.8) is 0 Å². The number of nitrogens with one attached hydrogen (secondary N) is 4. The number of ether oxygens (including phenoxy) is 2. The number of rotatable bonds is 6. The molecular weight excluding hydrogens is 702 g/mol. The zero-order valence-corrected chi connectivity index (χ0v) is 26.4. The van der Waals surface area contributed by atoms with Crippen molar-refractivity contribution in [2.45, 2.75) is 52.4 Å². The van der Waals surface area contributed by atoms with E-state index >= 15 is 0 Å². The van der Waals surface area contributed by atoms with E-state index in [0.29, 0.717) is 12.1 Å². The van der Waals surface area contributed by atoms with Crippen molar-refractivity contribution in [3.8, 4) is 5.75 Å². The van der Waals surface area contributed by atoms with Gasteiger partial charge in [0.05, 0.1) is 37.1 Å². The molecule has 4 aliphatic rings. The summed E-state index contributed by atoms with van der Waals surface area (Å²) in [5.74, 6) is -5.79. The summed E-state index contributed by atoms with van der Waals surface area (Å²) in [5, 5.41) is 34.0. The molecular formula is C26H27Cl3F3N7O8. The molecule has 4 atom stereocenters. The Kier molecular flexibility index (Phi) is 8.89. The van der Waals surface area contributed by atoms with E-state index < -0.39 is 87.6 Å². The SMILES string of the molecule is C=C1N[C@H]2[C@H](CN3C(=O)CCC3=O)N=C(NC(=O)OCC(Cl)(Cl)Cl)N3C[C@H](NC(=O)c4cc(OC)cc(C(F)(F)F)c4)C(O)(O)[C@]23N1. The predicted molar refractivity (Wildman–Crippen MR) is 157 cm³/mol. The quantitative estimate of drug-likeness (QED) is 0.136. The zero-order chi connectivity index (χ0) is 34.7. The average molecular weight is 729 g/mol. The van der Waals surface area contributed by atoms with E-state index in [9.17, 15) is 42.6 Å². The maximum Gasteiger partial charge on any atom is 0.416 e. The largest absolute Gasteiger partial charge is 0.497 e. The van der Waals surface area contributed by atoms with Crippen molar-refractivity contribution in [2.75, 3.05) is 26.8 Å². The average Bonchev–Trinajstić information content (AvgIpc) is 3.57. The fourth-order valence-corrected chi connectivity index (χ4v) is 6.14. The first-order valence-electron chi connectivity index (χ1n) is 13.7. The first kappa shape index (κ1) is 34.6. The van der Waals surface area contributed by atoms with Gasteiger partial charge in [-0.05, 0) is 18.2 Å². The van der Waals surface area contributed by atoms with Crippen LogP contribution in [0.2, 0.25) is 0 Å². The van der Waals surface area contributed by atoms with Crippen LogP contribution in [0.5, 0.6) is 5.75 Å². The second kappa shape index (κ2) is 12.1. The Labute approximate surface area is 278 Å². The maximum absolute atomic E-state index is 13.5. The number of methoxy groups -OCH3 is 1. The minimum atomic E-state index is -4.84. The number of aliphatic hydroxyl groups is 2. The number of nitrogens with zero attached hydrogens (tertiary/aromatic N) is 3. The van der Waals surface area contributed by atoms with Gasteiger partial charge >= 0.3 is 12.3 Å². The van der Waals surface area contributed by atoms with Gasteiger partial charge in [0.25, 0.3) is 5.91 Å². The third kappa shape index (κ3) is 6.43. The Bertz CT molecular complexity index is 1540. The normalized spacial score (nSPS) is 26.6. The summed E-state index contributed by atoms with van der Waals surface area (Å²) in [5.41, 5.74) is -3.83. The van der Waals surface area contributed by atoms with Gasteiger partial charge in [0, 0.05) is 24.9 Å². The van der Waals surface area contributed by atoms with Gasteiger partial charge in [0.2, 0.25) is 27.4 Å². The van der Waals surface area contributed by atoms with E-state index in [1.807, 2.05) is 0 Å². The molecule has 4 aliphatic heterocycles. The molecule has 1 spiro atoms. The second-order valence-corrected chi connectivity index (χ2v) is 13.6. The van der Waals surface area contributed by atoms with Crippen molar-refractivity contribution in [3.05, 3.63) is 41.7 Å². The van der Waals surface area contributed by atoms with Crippen molar-refractivity contribution in [1.29, 1.82) is 0 Å². The highest BCUT2D eigenvalue weighted by Crippen LogP contribution is 2.45. The standard InChI is InChI=1S/C26H27Cl3F3N7O8/c1-11-33-19-15(8-38-17(40)3-4-18(38)41)34-21(36-22(43)47-10-23(27,28)29)39-9-16(25(44,45)24(19,39)37-11)35-20(42)12-5-13(26(30,31)32)7-14(6-12)46-2/h5-7,15-16,19,33,37,44-45H,1,3-4,8-10H2,2H3,(H,35,42)(H,34,36,43)/t15-,16-,19-,24-/m0/s1. The number of likely N-dealkylation sites (tertiary alicyclic amines) is 1. The third-order valence-corrected chi connectivity index (χ3v) is 8.36. The monoisotopic (exact) mass is 727 g/mol. The van der Waals surface area contributed by atoms with Crippen molar-refractivity contribution in [2.24, 2.45) is 4.99 Å². The van der Waals surface area contributed by atoms with Crippen molar-refractivity contribution >= 4 is 64.6 Å². The minimum Gasteiger partial charge on any atom is -0.497 e. The summed E-state index contributed by atoms with van der Waals surface area (Å²) in [6, 6.07) is -1.78. The van der Waals surface area contributed by atoms with E-state index in [1.165, 1.54) is 0 Å². The van der Waals surface area contributed by atoms with Crippen molar-refractivity contribution in [1.82, 2.24) is 31.1 Å². The van der Waals surface area contributed by atoms with E-state index in [-0.39, 0.29) is 36.9 Å². The molecule has 1 aromatic carbocycles. The van der Waals surface area contributed by atoms with E-state index in [2.05, 4.69) is 32.8 Å². The molecule has 0 saturated carbocycles. The number of carbonyl (C=O) groups excluding carboxylic acids is 4. The summed E-state index contributed by atoms with van der Waals surface area (Å²) in [6.45, 7) is 2.19. The molecule has 15 nitrogen and oxygen atoms in total. The lowest BCUT2D eigenvalue weighted by Crippen LogP contribution is -2.78. The summed E-state index contributed by atoms with van der Waals surface area (Å²) < 4.78 is 48.4. The summed E-state index contributed by atoms with van der Waals surface area (Å²) in [4.78, 5) is 57.6. The molecule has 0 unspecified atom stereocenters. The Morgan fingerprint density at radius 3 is 2.43 bits per heavy atom. The van der Waals surface area contributed by atoms with Gasteiger partial charge in [-0.15, -0.1) is 0 Å². The number of imide groups is 1. The molecule has 4 amide bonds. The highest BCUT2D eigenvalue weighted by molar-refractivity contribution is 6.67. The van der Waals surface area contributed by atoms with E-state index in [4.69, 9.17) is 44.3 Å². The van der Waals surface area contributed by atoms with E-state index in [0.717, 1.165) is 23.0 Å². The number of alkyl carbamates (subject to hydrolysis) is 1. The number of benzene rings is 1. The molecule has 0 radical (unpaired) electrons. The van der Waals surface area contributed by atoms with Crippen LogP contribution < -0.4 is 26.0 Å². The molecule has 4 heterocycles. The lowest BCUT2D eigenvalue weighted by atomic mass is 9.85. The Morgan fingerprint density at radius 1 is 1.17 bits per heavy atom. The zero-order valence-electron chi connectivity index (χ0n) is 24.2. The second-order valence-electron chi connectivity index (χ2n) is 11.0. The van der Waals surface area contributed by atoms with Crippen LogP contribution in [0.3, 0.4) is 0 Å². The first-order valence-corrected chi connectivity index (χ1v) is 14.8. The highest BCUT2D eigenvalue weighted by atomic mass is 35.6. The maximum atomic E-state index is 13.5. The smallest absolute Gasteiger partial charge is 0.416 e. The van der Waals surface area contributed by atoms with Gasteiger partial charge in [-0.25, -0.2) is 9.79 Å². The Hall–Kier alpha value is -3.71. The summed E-state index contributed by atoms with van der Waals surface area (Å²) in [7, 11) is 1.11. The first-order chi connectivity index (χ1) is 21.8. The minimum absolute atomic E-state index is 0.0290. The van der Waals surface area contributed by atoms with Crippen LogP contribution in [0.1, 0.15) is 28.8 Å². The van der Waals surface area contributed by atoms with Gasteiger partial charge in [-0.1, -0.05) is 41.4 Å². The van der Waals surface area contributed by atoms with Crippen LogP contribution in [0.15, 0.2) is 35.6 Å². The Morgan fingerprint density at radius 2 is 1.83 bits per heavy atom. The van der Waals surface area contributed by atoms with Gasteiger partial charge in [0.15, 0.2) is 5.66 Å². The topological polar surface area (TPSA) is 194 Å². The van der Waals surface area contributed by atoms with Crippen LogP contribution in [-0.2, 0) is 20.5 Å². The predicted octanol–water partition coefficient (Wildman–Crippen LogP) is 0.521. The number of hydrogen-bond donors (Lipinski definition) is 6. The van der Waals surface area contributed by atoms with Crippen LogP contribution in [-0.4, -0.2) is 110 Å². The number of amides is 4. The summed E-state index contributed by atoms with van der Waals surface area (Å²) in [6.07, 6.45) is -6.15. The molecule has 3 saturated heterocycles. The van der Waals surface area contributed by atoms with Gasteiger partial charge in [0.1, 0.15) is 18.4 Å². The lowest BCUT2D eigenvalue weighted by Gasteiger charge is -2.49. The molecule has 0 aromatic heterocycles. The van der Waals surface area contributed by atoms with Gasteiger partial charge in [-0.2, -0.15) is 13.2 Å². The van der Waals surface area contributed by atoms with Gasteiger partial charge < -0.3 is 40.5 Å². The Balaban J connectivity index is 1.52. The molecule has 256 valence electrons. The fourth-order valence-electron chi connectivity index (χ4n) is 5.97. The molecule has 0 bridgehead atoms.